The summed E-state index contributed by atoms with van der Waals surface area (Å²) in [6.07, 6.45) is 0. The zero-order valence-corrected chi connectivity index (χ0v) is 11.3. The zero-order chi connectivity index (χ0) is 15.1. The Hall–Kier alpha value is -1.12. The molecule has 0 amide bonds. The molecule has 0 aromatic heterocycles. The first-order valence-electron chi connectivity index (χ1n) is 3.22. The fourth-order valence-corrected chi connectivity index (χ4v) is 0.675. The standard InChI is InChI=1S/C6H7P.5CO.Cr/c7-6-4-2-1-3-5-6;5*1-2;/h1-5H,7H2;;;;;;. The molecule has 1 atom stereocenters. The van der Waals surface area contributed by atoms with Gasteiger partial charge in [0, 0.05) is 17.4 Å². The van der Waals surface area contributed by atoms with Crippen molar-refractivity contribution in [2.45, 2.75) is 0 Å². The molecular weight excluding hydrogens is 295 g/mol. The van der Waals surface area contributed by atoms with Gasteiger partial charge in [0.25, 0.3) is 0 Å². The van der Waals surface area contributed by atoms with E-state index < -0.39 is 0 Å². The molecule has 18 heavy (non-hydrogen) atoms. The number of rotatable bonds is 0. The molecule has 0 saturated carbocycles. The predicted octanol–water partition coefficient (Wildman–Crippen LogP) is 0.997. The zero-order valence-electron chi connectivity index (χ0n) is 8.91. The van der Waals surface area contributed by atoms with Crippen LogP contribution in [0.3, 0.4) is 0 Å². The number of hydrogen-bond acceptors (Lipinski definition) is 0. The van der Waals surface area contributed by atoms with Gasteiger partial charge in [0.15, 0.2) is 0 Å². The number of hydrogen-bond donors (Lipinski definition) is 0. The maximum absolute atomic E-state index is 7.50. The molecule has 1 aromatic rings. The van der Waals surface area contributed by atoms with Crippen molar-refractivity contribution in [2.24, 2.45) is 0 Å². The minimum absolute atomic E-state index is 0. The van der Waals surface area contributed by atoms with Gasteiger partial charge in [0.1, 0.15) is 0 Å². The summed E-state index contributed by atoms with van der Waals surface area (Å²) in [6.45, 7) is 22.5. The summed E-state index contributed by atoms with van der Waals surface area (Å²) in [7, 11) is 2.63. The van der Waals surface area contributed by atoms with Crippen LogP contribution in [0.15, 0.2) is 30.3 Å². The normalized spacial score (nSPS) is 3.94. The summed E-state index contributed by atoms with van der Waals surface area (Å²) in [4.78, 5) is 0. The van der Waals surface area contributed by atoms with Crippen molar-refractivity contribution in [1.29, 1.82) is 0 Å². The molecule has 1 aromatic carbocycles. The largest absolute Gasteiger partial charge is 0 e. The quantitative estimate of drug-likeness (QED) is 0.388. The van der Waals surface area contributed by atoms with Crippen LogP contribution in [-0.2, 0) is 40.6 Å². The van der Waals surface area contributed by atoms with Gasteiger partial charge in [0.2, 0.25) is 0 Å². The molecule has 0 aliphatic rings. The van der Waals surface area contributed by atoms with E-state index in [0.29, 0.717) is 0 Å². The van der Waals surface area contributed by atoms with Gasteiger partial charge in [-0.05, 0) is 5.30 Å². The Morgan fingerprint density at radius 2 is 0.833 bits per heavy atom. The van der Waals surface area contributed by atoms with Gasteiger partial charge in [-0.2, -0.15) is 0 Å². The summed E-state index contributed by atoms with van der Waals surface area (Å²) in [5, 5.41) is 1.24. The topological polar surface area (TPSA) is 99.5 Å². The first-order valence-corrected chi connectivity index (χ1v) is 3.80. The van der Waals surface area contributed by atoms with Crippen molar-refractivity contribution in [3.05, 3.63) is 63.6 Å². The summed E-state index contributed by atoms with van der Waals surface area (Å²) in [5.74, 6) is 0. The van der Waals surface area contributed by atoms with Crippen LogP contribution in [0.2, 0.25) is 0 Å². The van der Waals surface area contributed by atoms with Crippen LogP contribution < -0.4 is 5.30 Å². The Morgan fingerprint density at radius 1 is 0.611 bits per heavy atom. The summed E-state index contributed by atoms with van der Waals surface area (Å²) >= 11 is 0. The van der Waals surface area contributed by atoms with Crippen molar-refractivity contribution in [3.8, 4) is 0 Å². The summed E-state index contributed by atoms with van der Waals surface area (Å²) in [5.41, 5.74) is 0. The molecule has 0 fully saturated rings. The van der Waals surface area contributed by atoms with Crippen LogP contribution in [0.5, 0.6) is 0 Å². The van der Waals surface area contributed by atoms with Crippen LogP contribution in [0, 0.1) is 33.3 Å². The average molecular weight is 302 g/mol. The molecule has 0 aliphatic carbocycles. The average Bonchev–Trinajstić information content (AvgIpc) is 2.50. The SMILES string of the molecule is Pc1ccccc1.[C-]#[O+].[C-]#[O+].[C-]#[O+].[C-]#[O+].[C-]#[O+].[Cr]. The smallest absolute Gasteiger partial charge is 0 e. The molecule has 1 rings (SSSR count). The molecule has 0 radical (unpaired) electrons. The second kappa shape index (κ2) is 74.3. The Kier molecular flexibility index (Phi) is 148. The first kappa shape index (κ1) is 36.0. The molecule has 0 aliphatic heterocycles. The molecular formula is C11H7CrO5P. The summed E-state index contributed by atoms with van der Waals surface area (Å²) in [6, 6.07) is 10.1. The van der Waals surface area contributed by atoms with Gasteiger partial charge in [-0.15, -0.1) is 9.24 Å². The van der Waals surface area contributed by atoms with Gasteiger partial charge in [-0.25, -0.2) is 0 Å². The van der Waals surface area contributed by atoms with Gasteiger partial charge in [-0.3, -0.25) is 0 Å². The van der Waals surface area contributed by atoms with Crippen molar-refractivity contribution in [2.75, 3.05) is 0 Å². The fraction of sp³-hybridized carbons (Fsp3) is 0. The molecule has 0 N–H and O–H groups in total. The van der Waals surface area contributed by atoms with E-state index >= 15 is 0 Å². The Balaban J connectivity index is -0.0000000285. The van der Waals surface area contributed by atoms with Crippen LogP contribution in [0.25, 0.3) is 0 Å². The van der Waals surface area contributed by atoms with E-state index in [0.717, 1.165) is 0 Å². The van der Waals surface area contributed by atoms with Crippen LogP contribution in [-0.4, -0.2) is 0 Å². The molecule has 1 unspecified atom stereocenters. The first-order chi connectivity index (χ1) is 8.39. The van der Waals surface area contributed by atoms with E-state index in [1.807, 2.05) is 30.3 Å². The summed E-state index contributed by atoms with van der Waals surface area (Å²) < 4.78 is 37.5. The molecule has 0 saturated heterocycles. The van der Waals surface area contributed by atoms with Crippen molar-refractivity contribution >= 4 is 14.5 Å². The predicted molar refractivity (Wildman–Crippen MR) is 55.4 cm³/mol. The van der Waals surface area contributed by atoms with E-state index in [1.165, 1.54) is 5.30 Å². The van der Waals surface area contributed by atoms with E-state index in [2.05, 4.69) is 42.5 Å². The van der Waals surface area contributed by atoms with Crippen LogP contribution >= 0.6 is 9.24 Å². The third kappa shape index (κ3) is 60.6. The molecule has 5 nitrogen and oxygen atoms in total. The Morgan fingerprint density at radius 3 is 0.944 bits per heavy atom. The van der Waals surface area contributed by atoms with E-state index in [-0.39, 0.29) is 17.4 Å². The van der Waals surface area contributed by atoms with Gasteiger partial charge in [0.05, 0.1) is 0 Å². The van der Waals surface area contributed by atoms with E-state index in [9.17, 15) is 0 Å². The van der Waals surface area contributed by atoms with Crippen molar-refractivity contribution in [1.82, 2.24) is 0 Å². The molecule has 92 valence electrons. The third-order valence-electron chi connectivity index (χ3n) is 0.800. The maximum Gasteiger partial charge on any atom is 0 e. The fourth-order valence-electron chi connectivity index (χ4n) is 0.453. The molecule has 7 heteroatoms. The molecule has 0 spiro atoms. The molecule has 0 bridgehead atoms. The Labute approximate surface area is 119 Å². The second-order valence-electron chi connectivity index (χ2n) is 1.41. The van der Waals surface area contributed by atoms with Gasteiger partial charge >= 0.3 is 56.5 Å². The van der Waals surface area contributed by atoms with Crippen LogP contribution in [0.1, 0.15) is 0 Å². The van der Waals surface area contributed by atoms with Gasteiger partial charge in [-0.1, -0.05) is 30.3 Å². The minimum Gasteiger partial charge on any atom is 0 e. The second-order valence-corrected chi connectivity index (χ2v) is 2.08. The van der Waals surface area contributed by atoms with Crippen LogP contribution in [0.4, 0.5) is 0 Å². The Bertz CT molecular complexity index is 281. The number of benzene rings is 1. The molecule has 0 heterocycles. The maximum atomic E-state index is 7.50. The van der Waals surface area contributed by atoms with Crippen molar-refractivity contribution < 1.29 is 40.6 Å². The van der Waals surface area contributed by atoms with Crippen molar-refractivity contribution in [3.63, 3.8) is 0 Å². The monoisotopic (exact) mass is 302 g/mol. The minimum atomic E-state index is 0. The van der Waals surface area contributed by atoms with E-state index in [4.69, 9.17) is 23.3 Å². The van der Waals surface area contributed by atoms with Gasteiger partial charge < -0.3 is 0 Å². The van der Waals surface area contributed by atoms with E-state index in [1.54, 1.807) is 0 Å². The third-order valence-corrected chi connectivity index (χ3v) is 1.18.